The van der Waals surface area contributed by atoms with Gasteiger partial charge in [-0.3, -0.25) is 4.99 Å². The number of methoxy groups -OCH3 is 1. The van der Waals surface area contributed by atoms with Gasteiger partial charge in [0.1, 0.15) is 0 Å². The summed E-state index contributed by atoms with van der Waals surface area (Å²) in [5.41, 5.74) is 0. The summed E-state index contributed by atoms with van der Waals surface area (Å²) in [5.74, 6) is 1.84. The van der Waals surface area contributed by atoms with Gasteiger partial charge in [-0.2, -0.15) is 0 Å². The second-order valence-corrected chi connectivity index (χ2v) is 7.08. The van der Waals surface area contributed by atoms with Gasteiger partial charge in [0.25, 0.3) is 0 Å². The SMILES string of the molecule is CN=C(NCC1CCN(C)CC1)N1CCC(OCCCOC)CC1.I. The van der Waals surface area contributed by atoms with Gasteiger partial charge in [-0.1, -0.05) is 0 Å². The molecule has 0 aromatic rings. The van der Waals surface area contributed by atoms with Gasteiger partial charge in [-0.25, -0.2) is 0 Å². The highest BCUT2D eigenvalue weighted by molar-refractivity contribution is 14.0. The van der Waals surface area contributed by atoms with Gasteiger partial charge in [0.05, 0.1) is 6.10 Å². The van der Waals surface area contributed by atoms with Gasteiger partial charge in [0, 0.05) is 47.0 Å². The summed E-state index contributed by atoms with van der Waals surface area (Å²) in [7, 11) is 5.84. The molecule has 0 aliphatic carbocycles. The van der Waals surface area contributed by atoms with Crippen LogP contribution in [-0.2, 0) is 9.47 Å². The molecule has 2 aliphatic rings. The fourth-order valence-electron chi connectivity index (χ4n) is 3.52. The summed E-state index contributed by atoms with van der Waals surface area (Å²) >= 11 is 0. The zero-order valence-corrected chi connectivity index (χ0v) is 18.5. The van der Waals surface area contributed by atoms with Crippen molar-refractivity contribution in [1.82, 2.24) is 15.1 Å². The van der Waals surface area contributed by atoms with E-state index < -0.39 is 0 Å². The van der Waals surface area contributed by atoms with E-state index in [4.69, 9.17) is 9.47 Å². The molecule has 0 unspecified atom stereocenters. The highest BCUT2D eigenvalue weighted by atomic mass is 127. The Labute approximate surface area is 170 Å². The molecular formula is C18H37IN4O2. The minimum atomic E-state index is 0. The quantitative estimate of drug-likeness (QED) is 0.268. The second kappa shape index (κ2) is 13.1. The van der Waals surface area contributed by atoms with Crippen LogP contribution in [0.5, 0.6) is 0 Å². The average Bonchev–Trinajstić information content (AvgIpc) is 2.62. The highest BCUT2D eigenvalue weighted by Gasteiger charge is 2.23. The van der Waals surface area contributed by atoms with Crippen molar-refractivity contribution in [2.24, 2.45) is 10.9 Å². The Balaban J connectivity index is 0.00000312. The molecule has 2 fully saturated rings. The van der Waals surface area contributed by atoms with Gasteiger partial charge in [0.2, 0.25) is 0 Å². The lowest BCUT2D eigenvalue weighted by Gasteiger charge is -2.35. The van der Waals surface area contributed by atoms with Crippen molar-refractivity contribution in [2.45, 2.75) is 38.2 Å². The minimum absolute atomic E-state index is 0. The van der Waals surface area contributed by atoms with E-state index in [2.05, 4.69) is 27.2 Å². The molecule has 7 heteroatoms. The molecule has 25 heavy (non-hydrogen) atoms. The number of aliphatic imine (C=N–C) groups is 1. The van der Waals surface area contributed by atoms with Crippen LogP contribution in [-0.4, -0.2) is 89.0 Å². The number of ether oxygens (including phenoxy) is 2. The zero-order valence-electron chi connectivity index (χ0n) is 16.2. The third-order valence-corrected chi connectivity index (χ3v) is 5.19. The number of nitrogens with zero attached hydrogens (tertiary/aromatic N) is 3. The predicted molar refractivity (Wildman–Crippen MR) is 114 cm³/mol. The van der Waals surface area contributed by atoms with Crippen molar-refractivity contribution in [3.63, 3.8) is 0 Å². The highest BCUT2D eigenvalue weighted by Crippen LogP contribution is 2.16. The van der Waals surface area contributed by atoms with E-state index in [1.807, 2.05) is 7.05 Å². The molecule has 0 spiro atoms. The molecule has 148 valence electrons. The maximum Gasteiger partial charge on any atom is 0.193 e. The Bertz CT molecular complexity index is 368. The molecule has 0 bridgehead atoms. The van der Waals surface area contributed by atoms with Crippen molar-refractivity contribution >= 4 is 29.9 Å². The second-order valence-electron chi connectivity index (χ2n) is 7.08. The van der Waals surface area contributed by atoms with E-state index in [-0.39, 0.29) is 24.0 Å². The van der Waals surface area contributed by atoms with Gasteiger partial charge in [0.15, 0.2) is 5.96 Å². The largest absolute Gasteiger partial charge is 0.385 e. The molecule has 0 radical (unpaired) electrons. The number of hydrogen-bond acceptors (Lipinski definition) is 4. The summed E-state index contributed by atoms with van der Waals surface area (Å²) in [6, 6.07) is 0. The smallest absolute Gasteiger partial charge is 0.193 e. The number of likely N-dealkylation sites (tertiary alicyclic amines) is 2. The molecule has 2 heterocycles. The fraction of sp³-hybridized carbons (Fsp3) is 0.944. The molecule has 0 saturated carbocycles. The lowest BCUT2D eigenvalue weighted by Crippen LogP contribution is -2.48. The van der Waals surface area contributed by atoms with E-state index in [0.29, 0.717) is 6.10 Å². The Morgan fingerprint density at radius 3 is 2.36 bits per heavy atom. The third kappa shape index (κ3) is 8.41. The molecule has 6 nitrogen and oxygen atoms in total. The van der Waals surface area contributed by atoms with Crippen LogP contribution < -0.4 is 5.32 Å². The lowest BCUT2D eigenvalue weighted by atomic mass is 9.97. The van der Waals surface area contributed by atoms with E-state index in [0.717, 1.165) is 64.0 Å². The molecule has 2 saturated heterocycles. The van der Waals surface area contributed by atoms with Crippen LogP contribution in [0.25, 0.3) is 0 Å². The van der Waals surface area contributed by atoms with Crippen molar-refractivity contribution in [3.8, 4) is 0 Å². The zero-order chi connectivity index (χ0) is 17.2. The summed E-state index contributed by atoms with van der Waals surface area (Å²) < 4.78 is 11.0. The topological polar surface area (TPSA) is 49.3 Å². The Kier molecular flexibility index (Phi) is 12.0. The van der Waals surface area contributed by atoms with Crippen LogP contribution in [0.4, 0.5) is 0 Å². The standard InChI is InChI=1S/C18H36N4O2.HI/c1-19-18(20-15-16-5-9-21(2)10-6-16)22-11-7-17(8-12-22)24-14-4-13-23-3;/h16-17H,4-15H2,1-3H3,(H,19,20);1H. The first kappa shape index (κ1) is 22.9. The number of piperidine rings is 2. The van der Waals surface area contributed by atoms with Crippen LogP contribution in [0, 0.1) is 5.92 Å². The number of guanidine groups is 1. The van der Waals surface area contributed by atoms with Gasteiger partial charge >= 0.3 is 0 Å². The minimum Gasteiger partial charge on any atom is -0.385 e. The molecule has 2 rings (SSSR count). The van der Waals surface area contributed by atoms with E-state index in [9.17, 15) is 0 Å². The first-order valence-corrected chi connectivity index (χ1v) is 9.47. The molecule has 0 aromatic carbocycles. The van der Waals surface area contributed by atoms with Crippen LogP contribution in [0.3, 0.4) is 0 Å². The first-order chi connectivity index (χ1) is 11.7. The van der Waals surface area contributed by atoms with E-state index >= 15 is 0 Å². The molecule has 1 N–H and O–H groups in total. The molecule has 0 amide bonds. The third-order valence-electron chi connectivity index (χ3n) is 5.19. The first-order valence-electron chi connectivity index (χ1n) is 9.47. The van der Waals surface area contributed by atoms with Gasteiger partial charge in [-0.05, 0) is 58.2 Å². The van der Waals surface area contributed by atoms with Gasteiger partial charge < -0.3 is 24.6 Å². The molecule has 0 aromatic heterocycles. The van der Waals surface area contributed by atoms with Crippen molar-refractivity contribution in [3.05, 3.63) is 0 Å². The molecule has 2 aliphatic heterocycles. The monoisotopic (exact) mass is 468 g/mol. The number of hydrogen-bond donors (Lipinski definition) is 1. The Morgan fingerprint density at radius 2 is 1.76 bits per heavy atom. The van der Waals surface area contributed by atoms with Gasteiger partial charge in [-0.15, -0.1) is 24.0 Å². The van der Waals surface area contributed by atoms with Crippen molar-refractivity contribution in [1.29, 1.82) is 0 Å². The number of halogens is 1. The number of rotatable bonds is 7. The maximum absolute atomic E-state index is 5.94. The van der Waals surface area contributed by atoms with E-state index in [1.165, 1.54) is 25.9 Å². The predicted octanol–water partition coefficient (Wildman–Crippen LogP) is 2.04. The van der Waals surface area contributed by atoms with Crippen LogP contribution in [0.15, 0.2) is 4.99 Å². The Hall–Kier alpha value is -0.120. The van der Waals surface area contributed by atoms with Crippen molar-refractivity contribution in [2.75, 3.05) is 67.1 Å². The van der Waals surface area contributed by atoms with Crippen LogP contribution in [0.2, 0.25) is 0 Å². The normalized spacial score (nSPS) is 21.2. The summed E-state index contributed by atoms with van der Waals surface area (Å²) in [6.45, 7) is 7.14. The fourth-order valence-corrected chi connectivity index (χ4v) is 3.52. The Morgan fingerprint density at radius 1 is 1.08 bits per heavy atom. The van der Waals surface area contributed by atoms with Crippen LogP contribution >= 0.6 is 24.0 Å². The van der Waals surface area contributed by atoms with E-state index in [1.54, 1.807) is 7.11 Å². The summed E-state index contributed by atoms with van der Waals surface area (Å²) in [6.07, 6.45) is 6.13. The van der Waals surface area contributed by atoms with Crippen LogP contribution in [0.1, 0.15) is 32.1 Å². The lowest BCUT2D eigenvalue weighted by molar-refractivity contribution is 0.00986. The molecular weight excluding hydrogens is 431 g/mol. The summed E-state index contributed by atoms with van der Waals surface area (Å²) in [4.78, 5) is 9.28. The summed E-state index contributed by atoms with van der Waals surface area (Å²) in [5, 5.41) is 3.60. The number of nitrogens with one attached hydrogen (secondary N) is 1. The van der Waals surface area contributed by atoms with Crippen molar-refractivity contribution < 1.29 is 9.47 Å². The molecule has 0 atom stereocenters. The maximum atomic E-state index is 5.94. The average molecular weight is 468 g/mol.